The van der Waals surface area contributed by atoms with Crippen molar-refractivity contribution in [3.05, 3.63) is 59.3 Å². The van der Waals surface area contributed by atoms with Crippen LogP contribution in [0.5, 0.6) is 0 Å². The third-order valence-electron chi connectivity index (χ3n) is 5.26. The van der Waals surface area contributed by atoms with E-state index in [4.69, 9.17) is 0 Å². The van der Waals surface area contributed by atoms with E-state index in [-0.39, 0.29) is 12.5 Å². The summed E-state index contributed by atoms with van der Waals surface area (Å²) in [4.78, 5) is 23.5. The highest BCUT2D eigenvalue weighted by Gasteiger charge is 2.32. The number of alkyl halides is 3. The van der Waals surface area contributed by atoms with E-state index in [2.05, 4.69) is 20.4 Å². The van der Waals surface area contributed by atoms with Gasteiger partial charge in [-0.05, 0) is 24.6 Å². The lowest BCUT2D eigenvalue weighted by Gasteiger charge is -2.34. The van der Waals surface area contributed by atoms with Gasteiger partial charge < -0.3 is 15.1 Å². The molecule has 0 bridgehead atoms. The van der Waals surface area contributed by atoms with E-state index in [1.807, 2.05) is 24.9 Å². The molecular weight excluding hydrogens is 423 g/mol. The van der Waals surface area contributed by atoms with Crippen molar-refractivity contribution in [2.24, 2.45) is 0 Å². The number of carbonyl (C=O) groups is 1. The molecule has 3 aromatic heterocycles. The zero-order valence-electron chi connectivity index (χ0n) is 17.8. The van der Waals surface area contributed by atoms with Gasteiger partial charge in [0.25, 0.3) is 0 Å². The SMILES string of the molecule is Cc1nc(NCc2cnn(Cc3ccnc(C(F)(F)F)c3)c2)cc2c1N(C)C(=O)CN2C. The van der Waals surface area contributed by atoms with Gasteiger partial charge in [-0.3, -0.25) is 14.5 Å². The van der Waals surface area contributed by atoms with Crippen LogP contribution in [-0.2, 0) is 24.1 Å². The summed E-state index contributed by atoms with van der Waals surface area (Å²) >= 11 is 0. The molecule has 168 valence electrons. The maximum absolute atomic E-state index is 12.8. The number of pyridine rings is 2. The largest absolute Gasteiger partial charge is 0.433 e. The Morgan fingerprint density at radius 2 is 1.97 bits per heavy atom. The molecule has 0 saturated carbocycles. The van der Waals surface area contributed by atoms with Crippen molar-refractivity contribution in [1.82, 2.24) is 19.7 Å². The highest BCUT2D eigenvalue weighted by molar-refractivity contribution is 6.03. The molecular formula is C21H22F3N7O. The lowest BCUT2D eigenvalue weighted by molar-refractivity contribution is -0.141. The Labute approximate surface area is 182 Å². The number of aryl methyl sites for hydroxylation is 1. The normalized spacial score (nSPS) is 14.0. The van der Waals surface area contributed by atoms with E-state index in [1.54, 1.807) is 29.0 Å². The van der Waals surface area contributed by atoms with Crippen molar-refractivity contribution in [3.63, 3.8) is 0 Å². The fourth-order valence-corrected chi connectivity index (χ4v) is 3.66. The first-order valence-corrected chi connectivity index (χ1v) is 9.88. The van der Waals surface area contributed by atoms with Gasteiger partial charge >= 0.3 is 6.18 Å². The molecule has 1 amide bonds. The molecule has 1 aliphatic rings. The second-order valence-electron chi connectivity index (χ2n) is 7.72. The molecule has 0 atom stereocenters. The third kappa shape index (κ3) is 4.36. The lowest BCUT2D eigenvalue weighted by atomic mass is 10.1. The van der Waals surface area contributed by atoms with Crippen LogP contribution >= 0.6 is 0 Å². The molecule has 0 saturated heterocycles. The molecule has 0 aromatic carbocycles. The number of hydrogen-bond donors (Lipinski definition) is 1. The number of nitrogens with one attached hydrogen (secondary N) is 1. The third-order valence-corrected chi connectivity index (χ3v) is 5.26. The molecule has 1 aliphatic heterocycles. The molecule has 4 heterocycles. The Kier molecular flexibility index (Phi) is 5.49. The van der Waals surface area contributed by atoms with Gasteiger partial charge in [-0.25, -0.2) is 4.98 Å². The molecule has 8 nitrogen and oxygen atoms in total. The van der Waals surface area contributed by atoms with Crippen LogP contribution in [0.25, 0.3) is 0 Å². The number of carbonyl (C=O) groups excluding carboxylic acids is 1. The van der Waals surface area contributed by atoms with E-state index >= 15 is 0 Å². The highest BCUT2D eigenvalue weighted by atomic mass is 19.4. The van der Waals surface area contributed by atoms with Crippen molar-refractivity contribution in [3.8, 4) is 0 Å². The monoisotopic (exact) mass is 445 g/mol. The number of nitrogens with zero attached hydrogens (tertiary/aromatic N) is 6. The number of amides is 1. The Morgan fingerprint density at radius 1 is 1.19 bits per heavy atom. The smallest absolute Gasteiger partial charge is 0.366 e. The van der Waals surface area contributed by atoms with Crippen LogP contribution < -0.4 is 15.1 Å². The van der Waals surface area contributed by atoms with Crippen LogP contribution in [0.3, 0.4) is 0 Å². The standard InChI is InChI=1S/C21H22F3N7O/c1-13-20-16(29(2)12-19(32)30(20)3)7-18(28-13)26-8-15-9-27-31(11-15)10-14-4-5-25-17(6-14)21(22,23)24/h4-7,9,11H,8,10,12H2,1-3H3,(H,26,28). The first kappa shape index (κ1) is 21.6. The number of halogens is 3. The minimum atomic E-state index is -4.48. The zero-order chi connectivity index (χ0) is 23.0. The summed E-state index contributed by atoms with van der Waals surface area (Å²) in [5, 5.41) is 7.49. The van der Waals surface area contributed by atoms with Gasteiger partial charge in [0.05, 0.1) is 36.4 Å². The first-order valence-electron chi connectivity index (χ1n) is 9.88. The summed E-state index contributed by atoms with van der Waals surface area (Å²) in [6.45, 7) is 2.79. The summed E-state index contributed by atoms with van der Waals surface area (Å²) in [6, 6.07) is 4.45. The van der Waals surface area contributed by atoms with Crippen molar-refractivity contribution >= 4 is 23.1 Å². The van der Waals surface area contributed by atoms with Crippen molar-refractivity contribution in [2.75, 3.05) is 35.8 Å². The van der Waals surface area contributed by atoms with Crippen LogP contribution in [0.4, 0.5) is 30.4 Å². The average Bonchev–Trinajstić information content (AvgIpc) is 3.17. The Bertz CT molecular complexity index is 1160. The van der Waals surface area contributed by atoms with Crippen molar-refractivity contribution < 1.29 is 18.0 Å². The minimum Gasteiger partial charge on any atom is -0.366 e. The average molecular weight is 445 g/mol. The van der Waals surface area contributed by atoms with Gasteiger partial charge in [-0.1, -0.05) is 0 Å². The van der Waals surface area contributed by atoms with Gasteiger partial charge in [0.15, 0.2) is 0 Å². The van der Waals surface area contributed by atoms with E-state index < -0.39 is 11.9 Å². The topological polar surface area (TPSA) is 79.2 Å². The predicted octanol–water partition coefficient (Wildman–Crippen LogP) is 3.07. The van der Waals surface area contributed by atoms with Crippen LogP contribution in [0.2, 0.25) is 0 Å². The van der Waals surface area contributed by atoms with E-state index in [0.29, 0.717) is 24.5 Å². The second-order valence-corrected chi connectivity index (χ2v) is 7.72. The zero-order valence-corrected chi connectivity index (χ0v) is 17.8. The fraction of sp³-hybridized carbons (Fsp3) is 0.333. The number of likely N-dealkylation sites (N-methyl/N-ethyl adjacent to an activating group) is 2. The molecule has 32 heavy (non-hydrogen) atoms. The van der Waals surface area contributed by atoms with Crippen molar-refractivity contribution in [1.29, 1.82) is 0 Å². The Hall–Kier alpha value is -3.63. The predicted molar refractivity (Wildman–Crippen MR) is 114 cm³/mol. The molecule has 11 heteroatoms. The number of rotatable bonds is 5. The lowest BCUT2D eigenvalue weighted by Crippen LogP contribution is -2.42. The Morgan fingerprint density at radius 3 is 2.72 bits per heavy atom. The second kappa shape index (κ2) is 8.13. The van der Waals surface area contributed by atoms with E-state index in [1.165, 1.54) is 6.07 Å². The minimum absolute atomic E-state index is 0.00887. The fourth-order valence-electron chi connectivity index (χ4n) is 3.66. The summed E-state index contributed by atoms with van der Waals surface area (Å²) in [5.74, 6) is 0.669. The van der Waals surface area contributed by atoms with Gasteiger partial charge in [0, 0.05) is 44.7 Å². The first-order chi connectivity index (χ1) is 15.1. The van der Waals surface area contributed by atoms with Gasteiger partial charge in [0.2, 0.25) is 5.91 Å². The van der Waals surface area contributed by atoms with Crippen LogP contribution in [-0.4, -0.2) is 46.3 Å². The Balaban J connectivity index is 1.45. The maximum Gasteiger partial charge on any atom is 0.433 e. The quantitative estimate of drug-likeness (QED) is 0.650. The summed E-state index contributed by atoms with van der Waals surface area (Å²) in [6.07, 6.45) is 0.0921. The molecule has 0 radical (unpaired) electrons. The summed E-state index contributed by atoms with van der Waals surface area (Å²) in [5.41, 5.74) is 2.83. The van der Waals surface area contributed by atoms with Crippen LogP contribution in [0.1, 0.15) is 22.5 Å². The van der Waals surface area contributed by atoms with Gasteiger partial charge in [-0.2, -0.15) is 18.3 Å². The highest BCUT2D eigenvalue weighted by Crippen LogP contribution is 2.36. The molecule has 0 unspecified atom stereocenters. The summed E-state index contributed by atoms with van der Waals surface area (Å²) in [7, 11) is 3.60. The molecule has 0 aliphatic carbocycles. The molecule has 1 N–H and O–H groups in total. The van der Waals surface area contributed by atoms with Gasteiger partial charge in [0.1, 0.15) is 11.5 Å². The van der Waals surface area contributed by atoms with Crippen LogP contribution in [0.15, 0.2) is 36.8 Å². The summed E-state index contributed by atoms with van der Waals surface area (Å²) < 4.78 is 40.1. The van der Waals surface area contributed by atoms with E-state index in [9.17, 15) is 18.0 Å². The number of anilines is 3. The number of fused-ring (bicyclic) bond motifs is 1. The van der Waals surface area contributed by atoms with Crippen molar-refractivity contribution in [2.45, 2.75) is 26.2 Å². The molecule has 0 spiro atoms. The molecule has 4 rings (SSSR count). The maximum atomic E-state index is 12.8. The molecule has 0 fully saturated rings. The number of hydrogen-bond acceptors (Lipinski definition) is 6. The molecule has 3 aromatic rings. The van der Waals surface area contributed by atoms with E-state index in [0.717, 1.165) is 34.9 Å². The number of aromatic nitrogens is 4. The van der Waals surface area contributed by atoms with Gasteiger partial charge in [-0.15, -0.1) is 0 Å². The van der Waals surface area contributed by atoms with Crippen LogP contribution in [0, 0.1) is 6.92 Å².